The van der Waals surface area contributed by atoms with Gasteiger partial charge in [0.25, 0.3) is 0 Å². The topological polar surface area (TPSA) is 88.1 Å². The number of rotatable bonds is 5. The van der Waals surface area contributed by atoms with Crippen LogP contribution in [0.3, 0.4) is 0 Å². The van der Waals surface area contributed by atoms with Crippen LogP contribution in [-0.2, 0) is 9.84 Å². The SMILES string of the molecule is CCN(c1cnnc(NC2CCCCCC2)n1)C1CCS(=O)(=O)C1. The van der Waals surface area contributed by atoms with Gasteiger partial charge >= 0.3 is 0 Å². The Morgan fingerprint density at radius 2 is 1.96 bits per heavy atom. The van der Waals surface area contributed by atoms with Gasteiger partial charge in [-0.15, -0.1) is 5.10 Å². The summed E-state index contributed by atoms with van der Waals surface area (Å²) in [7, 11) is -2.92. The van der Waals surface area contributed by atoms with Crippen molar-refractivity contribution in [2.75, 3.05) is 28.3 Å². The van der Waals surface area contributed by atoms with Crippen LogP contribution in [0.4, 0.5) is 11.8 Å². The monoisotopic (exact) mass is 353 g/mol. The lowest BCUT2D eigenvalue weighted by Gasteiger charge is -2.27. The normalized spacial score (nSPS) is 24.5. The largest absolute Gasteiger partial charge is 0.351 e. The molecule has 0 spiro atoms. The van der Waals surface area contributed by atoms with E-state index < -0.39 is 9.84 Å². The van der Waals surface area contributed by atoms with Crippen molar-refractivity contribution in [3.05, 3.63) is 6.20 Å². The van der Waals surface area contributed by atoms with E-state index in [0.717, 1.165) is 12.8 Å². The van der Waals surface area contributed by atoms with Gasteiger partial charge in [0.1, 0.15) is 0 Å². The van der Waals surface area contributed by atoms with Crippen molar-refractivity contribution in [1.82, 2.24) is 15.2 Å². The molecule has 2 heterocycles. The van der Waals surface area contributed by atoms with Gasteiger partial charge in [-0.3, -0.25) is 0 Å². The fourth-order valence-corrected chi connectivity index (χ4v) is 5.46. The highest BCUT2D eigenvalue weighted by Gasteiger charge is 2.32. The van der Waals surface area contributed by atoms with Crippen molar-refractivity contribution in [2.24, 2.45) is 0 Å². The molecule has 24 heavy (non-hydrogen) atoms. The highest BCUT2D eigenvalue weighted by molar-refractivity contribution is 7.91. The number of hydrogen-bond acceptors (Lipinski definition) is 7. The van der Waals surface area contributed by atoms with E-state index in [-0.39, 0.29) is 17.5 Å². The number of nitrogens with zero attached hydrogens (tertiary/aromatic N) is 4. The molecule has 1 aliphatic carbocycles. The van der Waals surface area contributed by atoms with Crippen LogP contribution in [0.25, 0.3) is 0 Å². The maximum atomic E-state index is 11.8. The Balaban J connectivity index is 1.71. The zero-order valence-corrected chi connectivity index (χ0v) is 15.1. The third kappa shape index (κ3) is 4.34. The molecule has 2 fully saturated rings. The summed E-state index contributed by atoms with van der Waals surface area (Å²) in [5.41, 5.74) is 0. The summed E-state index contributed by atoms with van der Waals surface area (Å²) in [5.74, 6) is 1.74. The second-order valence-electron chi connectivity index (χ2n) is 6.81. The Labute approximate surface area is 144 Å². The van der Waals surface area contributed by atoms with E-state index in [4.69, 9.17) is 0 Å². The van der Waals surface area contributed by atoms with Gasteiger partial charge in [-0.05, 0) is 26.2 Å². The first-order chi connectivity index (χ1) is 11.6. The lowest BCUT2D eigenvalue weighted by atomic mass is 10.1. The zero-order valence-electron chi connectivity index (χ0n) is 14.3. The molecule has 3 rings (SSSR count). The van der Waals surface area contributed by atoms with E-state index in [1.807, 2.05) is 11.8 Å². The van der Waals surface area contributed by atoms with Crippen molar-refractivity contribution < 1.29 is 8.42 Å². The number of nitrogens with one attached hydrogen (secondary N) is 1. The van der Waals surface area contributed by atoms with Gasteiger partial charge in [-0.1, -0.05) is 25.7 Å². The van der Waals surface area contributed by atoms with Gasteiger partial charge < -0.3 is 10.2 Å². The molecule has 0 radical (unpaired) electrons. The molecule has 1 N–H and O–H groups in total. The molecule has 2 aliphatic rings. The summed E-state index contributed by atoms with van der Waals surface area (Å²) in [4.78, 5) is 6.65. The second-order valence-corrected chi connectivity index (χ2v) is 9.04. The quantitative estimate of drug-likeness (QED) is 0.810. The molecule has 1 atom stereocenters. The van der Waals surface area contributed by atoms with E-state index in [2.05, 4.69) is 20.5 Å². The standard InChI is InChI=1S/C16H27N5O2S/c1-2-21(14-9-10-24(22,23)12-14)15-11-17-20-16(19-15)18-13-7-5-3-4-6-8-13/h11,13-14H,2-10,12H2,1H3,(H,18,19,20). The summed E-state index contributed by atoms with van der Waals surface area (Å²) in [6.07, 6.45) is 9.67. The fourth-order valence-electron chi connectivity index (χ4n) is 3.73. The van der Waals surface area contributed by atoms with E-state index >= 15 is 0 Å². The minimum atomic E-state index is -2.92. The summed E-state index contributed by atoms with van der Waals surface area (Å²) in [6, 6.07) is 0.397. The van der Waals surface area contributed by atoms with Crippen LogP contribution < -0.4 is 10.2 Å². The Bertz CT molecular complexity index is 644. The number of hydrogen-bond donors (Lipinski definition) is 1. The lowest BCUT2D eigenvalue weighted by Crippen LogP contribution is -2.37. The van der Waals surface area contributed by atoms with Crippen LogP contribution in [0.2, 0.25) is 0 Å². The molecular weight excluding hydrogens is 326 g/mol. The molecule has 1 saturated carbocycles. The van der Waals surface area contributed by atoms with Crippen molar-refractivity contribution in [3.63, 3.8) is 0 Å². The Hall–Kier alpha value is -1.44. The highest BCUT2D eigenvalue weighted by atomic mass is 32.2. The Kier molecular flexibility index (Phi) is 5.53. The predicted molar refractivity (Wildman–Crippen MR) is 95.0 cm³/mol. The lowest BCUT2D eigenvalue weighted by molar-refractivity contribution is 0.599. The van der Waals surface area contributed by atoms with Crippen LogP contribution in [0.15, 0.2) is 6.20 Å². The summed E-state index contributed by atoms with van der Waals surface area (Å²) in [5, 5.41) is 11.6. The molecule has 1 aliphatic heterocycles. The van der Waals surface area contributed by atoms with Crippen LogP contribution in [0.1, 0.15) is 51.9 Å². The maximum Gasteiger partial charge on any atom is 0.244 e. The fraction of sp³-hybridized carbons (Fsp3) is 0.812. The van der Waals surface area contributed by atoms with Gasteiger partial charge in [0.2, 0.25) is 5.95 Å². The molecule has 1 aromatic rings. The number of anilines is 2. The van der Waals surface area contributed by atoms with E-state index in [0.29, 0.717) is 30.8 Å². The van der Waals surface area contributed by atoms with E-state index in [1.165, 1.54) is 25.7 Å². The van der Waals surface area contributed by atoms with Crippen molar-refractivity contribution in [3.8, 4) is 0 Å². The molecule has 1 unspecified atom stereocenters. The van der Waals surface area contributed by atoms with Crippen molar-refractivity contribution in [1.29, 1.82) is 0 Å². The van der Waals surface area contributed by atoms with Crippen molar-refractivity contribution in [2.45, 2.75) is 64.0 Å². The third-order valence-electron chi connectivity index (χ3n) is 5.02. The Morgan fingerprint density at radius 1 is 1.21 bits per heavy atom. The molecule has 7 nitrogen and oxygen atoms in total. The van der Waals surface area contributed by atoms with Gasteiger partial charge in [0.15, 0.2) is 15.7 Å². The average Bonchev–Trinajstić information content (AvgIpc) is 2.75. The predicted octanol–water partition coefficient (Wildman–Crippen LogP) is 2.02. The average molecular weight is 353 g/mol. The molecular formula is C16H27N5O2S. The minimum absolute atomic E-state index is 0.0116. The smallest absolute Gasteiger partial charge is 0.244 e. The van der Waals surface area contributed by atoms with Crippen LogP contribution in [-0.4, -0.2) is 53.7 Å². The summed E-state index contributed by atoms with van der Waals surface area (Å²) < 4.78 is 23.5. The van der Waals surface area contributed by atoms with Gasteiger partial charge in [0.05, 0.1) is 17.7 Å². The summed E-state index contributed by atoms with van der Waals surface area (Å²) >= 11 is 0. The molecule has 0 aromatic carbocycles. The van der Waals surface area contributed by atoms with Crippen molar-refractivity contribution >= 4 is 21.6 Å². The number of aromatic nitrogens is 3. The van der Waals surface area contributed by atoms with Crippen LogP contribution >= 0.6 is 0 Å². The third-order valence-corrected chi connectivity index (χ3v) is 6.77. The van der Waals surface area contributed by atoms with E-state index in [9.17, 15) is 8.42 Å². The summed E-state index contributed by atoms with van der Waals surface area (Å²) in [6.45, 7) is 2.73. The first-order valence-corrected chi connectivity index (χ1v) is 10.8. The van der Waals surface area contributed by atoms with Crippen LogP contribution in [0, 0.1) is 0 Å². The van der Waals surface area contributed by atoms with Crippen LogP contribution in [0.5, 0.6) is 0 Å². The molecule has 0 amide bonds. The Morgan fingerprint density at radius 3 is 2.58 bits per heavy atom. The first-order valence-electron chi connectivity index (χ1n) is 9.01. The van der Waals surface area contributed by atoms with Gasteiger partial charge in [-0.2, -0.15) is 10.1 Å². The minimum Gasteiger partial charge on any atom is -0.351 e. The van der Waals surface area contributed by atoms with Gasteiger partial charge in [-0.25, -0.2) is 8.42 Å². The second kappa shape index (κ2) is 7.63. The molecule has 8 heteroatoms. The molecule has 1 aromatic heterocycles. The first kappa shape index (κ1) is 17.4. The number of sulfone groups is 1. The van der Waals surface area contributed by atoms with Gasteiger partial charge in [0, 0.05) is 18.6 Å². The molecule has 0 bridgehead atoms. The van der Waals surface area contributed by atoms with E-state index in [1.54, 1.807) is 6.20 Å². The maximum absolute atomic E-state index is 11.8. The molecule has 1 saturated heterocycles. The highest BCUT2D eigenvalue weighted by Crippen LogP contribution is 2.24. The molecule has 134 valence electrons. The zero-order chi connectivity index (χ0) is 17.0.